The minimum atomic E-state index is -1.09. The predicted molar refractivity (Wildman–Crippen MR) is 82.6 cm³/mol. The Kier molecular flexibility index (Phi) is 4.04. The van der Waals surface area contributed by atoms with E-state index in [1.807, 2.05) is 24.3 Å². The second-order valence-electron chi connectivity index (χ2n) is 5.87. The number of carboxylic acids is 1. The Bertz CT molecular complexity index is 749. The molecular weight excluding hydrogens is 298 g/mol. The zero-order valence-corrected chi connectivity index (χ0v) is 12.7. The Morgan fingerprint density at radius 2 is 2.04 bits per heavy atom. The van der Waals surface area contributed by atoms with E-state index in [2.05, 4.69) is 10.3 Å². The van der Waals surface area contributed by atoms with Gasteiger partial charge in [-0.15, -0.1) is 0 Å². The molecule has 1 aromatic heterocycles. The maximum absolute atomic E-state index is 12.1. The van der Waals surface area contributed by atoms with Gasteiger partial charge in [-0.1, -0.05) is 12.1 Å². The molecule has 1 aliphatic rings. The number of amides is 1. The van der Waals surface area contributed by atoms with Crippen LogP contribution in [0.5, 0.6) is 0 Å². The van der Waals surface area contributed by atoms with Crippen molar-refractivity contribution in [3.05, 3.63) is 30.1 Å². The third-order valence-electron chi connectivity index (χ3n) is 4.43. The van der Waals surface area contributed by atoms with E-state index >= 15 is 0 Å². The number of nitrogens with zero attached hydrogens (tertiary/aromatic N) is 2. The molecule has 0 radical (unpaired) electrons. The molecule has 1 aromatic carbocycles. The first kappa shape index (κ1) is 15.5. The summed E-state index contributed by atoms with van der Waals surface area (Å²) in [6, 6.07) is 7.46. The van der Waals surface area contributed by atoms with Gasteiger partial charge in [0.15, 0.2) is 0 Å². The molecule has 3 N–H and O–H groups in total. The van der Waals surface area contributed by atoms with E-state index in [1.54, 1.807) is 4.57 Å². The molecule has 1 fully saturated rings. The predicted octanol–water partition coefficient (Wildman–Crippen LogP) is 1.04. The van der Waals surface area contributed by atoms with Crippen LogP contribution in [0.2, 0.25) is 0 Å². The number of nitrogens with one attached hydrogen (secondary N) is 1. The first-order valence-electron chi connectivity index (χ1n) is 7.65. The molecule has 7 nitrogen and oxygen atoms in total. The van der Waals surface area contributed by atoms with Gasteiger partial charge in [-0.05, 0) is 31.4 Å². The minimum Gasteiger partial charge on any atom is -0.480 e. The normalized spacial score (nSPS) is 16.0. The molecule has 23 heavy (non-hydrogen) atoms. The molecule has 0 atom stereocenters. The van der Waals surface area contributed by atoms with Gasteiger partial charge in [-0.3, -0.25) is 4.79 Å². The fraction of sp³-hybridized carbons (Fsp3) is 0.438. The van der Waals surface area contributed by atoms with Gasteiger partial charge in [-0.25, -0.2) is 9.78 Å². The van der Waals surface area contributed by atoms with Crippen molar-refractivity contribution in [3.63, 3.8) is 0 Å². The molecule has 3 rings (SSSR count). The third kappa shape index (κ3) is 2.79. The van der Waals surface area contributed by atoms with Crippen molar-refractivity contribution in [2.75, 3.05) is 0 Å². The number of imidazole rings is 1. The van der Waals surface area contributed by atoms with Crippen LogP contribution < -0.4 is 5.32 Å². The van der Waals surface area contributed by atoms with E-state index < -0.39 is 11.5 Å². The molecule has 1 aliphatic carbocycles. The molecule has 0 unspecified atom stereocenters. The van der Waals surface area contributed by atoms with Crippen LogP contribution in [0.1, 0.15) is 31.5 Å². The SMILES string of the molecule is O=C(CCn1c(CO)nc2ccccc21)NC1(C(=O)O)CCC1. The number of carboxylic acid groups (broad SMARTS) is 1. The second-order valence-corrected chi connectivity index (χ2v) is 5.87. The number of para-hydroxylation sites is 2. The zero-order chi connectivity index (χ0) is 16.4. The van der Waals surface area contributed by atoms with Crippen LogP contribution in [0.3, 0.4) is 0 Å². The smallest absolute Gasteiger partial charge is 0.329 e. The lowest BCUT2D eigenvalue weighted by molar-refractivity contribution is -0.151. The van der Waals surface area contributed by atoms with E-state index in [0.29, 0.717) is 25.2 Å². The molecule has 0 spiro atoms. The molecule has 1 saturated carbocycles. The lowest BCUT2D eigenvalue weighted by Gasteiger charge is -2.38. The number of aromatic nitrogens is 2. The van der Waals surface area contributed by atoms with Gasteiger partial charge >= 0.3 is 5.97 Å². The summed E-state index contributed by atoms with van der Waals surface area (Å²) in [6.45, 7) is 0.132. The summed E-state index contributed by atoms with van der Waals surface area (Å²) in [5.74, 6) is -0.773. The van der Waals surface area contributed by atoms with E-state index in [4.69, 9.17) is 0 Å². The van der Waals surface area contributed by atoms with E-state index in [1.165, 1.54) is 0 Å². The minimum absolute atomic E-state index is 0.141. The number of benzene rings is 1. The highest BCUT2D eigenvalue weighted by Crippen LogP contribution is 2.32. The Hall–Kier alpha value is -2.41. The summed E-state index contributed by atoms with van der Waals surface area (Å²) in [5, 5.41) is 21.3. The maximum atomic E-state index is 12.1. The summed E-state index contributed by atoms with van der Waals surface area (Å²) in [4.78, 5) is 27.7. The Morgan fingerprint density at radius 1 is 1.30 bits per heavy atom. The third-order valence-corrected chi connectivity index (χ3v) is 4.43. The average molecular weight is 317 g/mol. The summed E-state index contributed by atoms with van der Waals surface area (Å²) >= 11 is 0. The van der Waals surface area contributed by atoms with E-state index in [9.17, 15) is 19.8 Å². The number of rotatable bonds is 6. The molecule has 0 saturated heterocycles. The van der Waals surface area contributed by atoms with Crippen molar-refractivity contribution < 1.29 is 19.8 Å². The van der Waals surface area contributed by atoms with E-state index in [-0.39, 0.29) is 18.9 Å². The lowest BCUT2D eigenvalue weighted by Crippen LogP contribution is -2.59. The van der Waals surface area contributed by atoms with Gasteiger partial charge in [0.25, 0.3) is 0 Å². The molecule has 0 aliphatic heterocycles. The number of aliphatic hydroxyl groups excluding tert-OH is 1. The fourth-order valence-electron chi connectivity index (χ4n) is 2.96. The number of carbonyl (C=O) groups is 2. The topological polar surface area (TPSA) is 104 Å². The summed E-state index contributed by atoms with van der Waals surface area (Å²) in [5.41, 5.74) is 0.521. The van der Waals surface area contributed by atoms with Gasteiger partial charge in [0, 0.05) is 13.0 Å². The van der Waals surface area contributed by atoms with Crippen LogP contribution in [0, 0.1) is 0 Å². The van der Waals surface area contributed by atoms with Crippen LogP contribution in [-0.2, 0) is 22.7 Å². The number of hydrogen-bond donors (Lipinski definition) is 3. The highest BCUT2D eigenvalue weighted by atomic mass is 16.4. The van der Waals surface area contributed by atoms with Crippen LogP contribution in [0.15, 0.2) is 24.3 Å². The van der Waals surface area contributed by atoms with Gasteiger partial charge < -0.3 is 20.1 Å². The van der Waals surface area contributed by atoms with Crippen LogP contribution in [0.25, 0.3) is 11.0 Å². The Morgan fingerprint density at radius 3 is 2.65 bits per heavy atom. The summed E-state index contributed by atoms with van der Waals surface area (Å²) < 4.78 is 1.79. The molecule has 1 heterocycles. The van der Waals surface area contributed by atoms with Crippen molar-refractivity contribution >= 4 is 22.9 Å². The number of aryl methyl sites for hydroxylation is 1. The molecule has 2 aromatic rings. The Labute approximate surface area is 132 Å². The quantitative estimate of drug-likeness (QED) is 0.738. The first-order valence-corrected chi connectivity index (χ1v) is 7.65. The van der Waals surface area contributed by atoms with Crippen molar-refractivity contribution in [1.82, 2.24) is 14.9 Å². The van der Waals surface area contributed by atoms with Crippen molar-refractivity contribution in [2.45, 2.75) is 44.4 Å². The highest BCUT2D eigenvalue weighted by molar-refractivity contribution is 5.88. The van der Waals surface area contributed by atoms with Crippen LogP contribution >= 0.6 is 0 Å². The van der Waals surface area contributed by atoms with Crippen LogP contribution in [-0.4, -0.2) is 37.2 Å². The van der Waals surface area contributed by atoms with Gasteiger partial charge in [0.2, 0.25) is 5.91 Å². The number of fused-ring (bicyclic) bond motifs is 1. The van der Waals surface area contributed by atoms with Crippen molar-refractivity contribution in [3.8, 4) is 0 Å². The van der Waals surface area contributed by atoms with Gasteiger partial charge in [0.1, 0.15) is 18.0 Å². The summed E-state index contributed by atoms with van der Waals surface area (Å²) in [6.07, 6.45) is 1.91. The number of hydrogen-bond acceptors (Lipinski definition) is 4. The highest BCUT2D eigenvalue weighted by Gasteiger charge is 2.45. The molecule has 1 amide bonds. The molecule has 7 heteroatoms. The number of aliphatic hydroxyl groups is 1. The standard InChI is InChI=1S/C16H19N3O4/c20-10-13-17-11-4-1-2-5-12(11)19(13)9-6-14(21)18-16(15(22)23)7-3-8-16/h1-2,4-5,20H,3,6-10H2,(H,18,21)(H,22,23). The Balaban J connectivity index is 1.71. The maximum Gasteiger partial charge on any atom is 0.329 e. The largest absolute Gasteiger partial charge is 0.480 e. The number of aliphatic carboxylic acids is 1. The molecule has 122 valence electrons. The second kappa shape index (κ2) is 6.00. The van der Waals surface area contributed by atoms with E-state index in [0.717, 1.165) is 17.5 Å². The first-order chi connectivity index (χ1) is 11.1. The monoisotopic (exact) mass is 317 g/mol. The fourth-order valence-corrected chi connectivity index (χ4v) is 2.96. The lowest BCUT2D eigenvalue weighted by atomic mass is 9.76. The van der Waals surface area contributed by atoms with Crippen molar-refractivity contribution in [2.24, 2.45) is 0 Å². The average Bonchev–Trinajstić information content (AvgIpc) is 2.86. The zero-order valence-electron chi connectivity index (χ0n) is 12.7. The van der Waals surface area contributed by atoms with Gasteiger partial charge in [0.05, 0.1) is 11.0 Å². The summed E-state index contributed by atoms with van der Waals surface area (Å²) in [7, 11) is 0. The number of carbonyl (C=O) groups excluding carboxylic acids is 1. The molecule has 0 bridgehead atoms. The van der Waals surface area contributed by atoms with Gasteiger partial charge in [-0.2, -0.15) is 0 Å². The van der Waals surface area contributed by atoms with Crippen LogP contribution in [0.4, 0.5) is 0 Å². The van der Waals surface area contributed by atoms with Crippen molar-refractivity contribution in [1.29, 1.82) is 0 Å². The molecular formula is C16H19N3O4.